The quantitative estimate of drug-likeness (QED) is 0.751. The Balaban J connectivity index is 1.52. The highest BCUT2D eigenvalue weighted by Crippen LogP contribution is 2.26. The summed E-state index contributed by atoms with van der Waals surface area (Å²) in [4.78, 5) is 17.0. The molecule has 0 radical (unpaired) electrons. The predicted molar refractivity (Wildman–Crippen MR) is 106 cm³/mol. The van der Waals surface area contributed by atoms with Crippen molar-refractivity contribution >= 4 is 33.8 Å². The fourth-order valence-electron chi connectivity index (χ4n) is 2.97. The minimum atomic E-state index is 0.0450. The number of hydrogen-bond acceptors (Lipinski definition) is 4. The molecule has 0 saturated heterocycles. The van der Waals surface area contributed by atoms with Crippen LogP contribution < -0.4 is 5.32 Å². The van der Waals surface area contributed by atoms with Gasteiger partial charge in [-0.25, -0.2) is 0 Å². The molecule has 0 fully saturated rings. The third-order valence-corrected chi connectivity index (χ3v) is 6.59. The summed E-state index contributed by atoms with van der Waals surface area (Å²) in [7, 11) is 0. The third kappa shape index (κ3) is 5.15. The van der Waals surface area contributed by atoms with E-state index in [9.17, 15) is 4.79 Å². The number of aliphatic imine (C=N–C) groups is 1. The lowest BCUT2D eigenvalue weighted by molar-refractivity contribution is 0.0953. The number of amides is 1. The molecule has 5 heteroatoms. The maximum Gasteiger partial charge on any atom is 0.251 e. The summed E-state index contributed by atoms with van der Waals surface area (Å²) < 4.78 is 1.15. The van der Waals surface area contributed by atoms with Gasteiger partial charge in [0.15, 0.2) is 0 Å². The number of carbonyl (C=O) groups excluding carboxylic acids is 1. The highest BCUT2D eigenvalue weighted by Gasteiger charge is 2.13. The summed E-state index contributed by atoms with van der Waals surface area (Å²) in [5.41, 5.74) is 3.39. The van der Waals surface area contributed by atoms with Gasteiger partial charge in [0.05, 0.1) is 6.54 Å². The van der Waals surface area contributed by atoms with Gasteiger partial charge in [-0.15, -0.1) is 0 Å². The van der Waals surface area contributed by atoms with E-state index in [0.29, 0.717) is 0 Å². The number of nitrogens with one attached hydrogen (secondary N) is 1. The first kappa shape index (κ1) is 17.6. The normalized spacial score (nSPS) is 17.3. The zero-order valence-corrected chi connectivity index (χ0v) is 15.6. The summed E-state index contributed by atoms with van der Waals surface area (Å²) in [6.45, 7) is 1.65. The van der Waals surface area contributed by atoms with E-state index < -0.39 is 0 Å². The lowest BCUT2D eigenvalue weighted by Crippen LogP contribution is -2.25. The van der Waals surface area contributed by atoms with Crippen molar-refractivity contribution in [3.63, 3.8) is 0 Å². The molecule has 24 heavy (non-hydrogen) atoms. The molecule has 0 atom stereocenters. The highest BCUT2D eigenvalue weighted by atomic mass is 32.2. The Morgan fingerprint density at radius 1 is 1.29 bits per heavy atom. The van der Waals surface area contributed by atoms with Gasteiger partial charge in [-0.2, -0.15) is 0 Å². The Kier molecular flexibility index (Phi) is 6.85. The van der Waals surface area contributed by atoms with Crippen molar-refractivity contribution in [1.82, 2.24) is 5.32 Å². The first-order chi connectivity index (χ1) is 11.8. The molecule has 128 valence electrons. The van der Waals surface area contributed by atoms with E-state index in [4.69, 9.17) is 0 Å². The Labute approximate surface area is 152 Å². The van der Waals surface area contributed by atoms with E-state index >= 15 is 0 Å². The number of rotatable bonds is 6. The van der Waals surface area contributed by atoms with Crippen LogP contribution in [0.2, 0.25) is 0 Å². The van der Waals surface area contributed by atoms with Crippen LogP contribution in [0.15, 0.2) is 40.9 Å². The SMILES string of the molecule is O=C(NCCC1=CCCCC1)c1ccccc1CSC1=NCCS1. The zero-order valence-electron chi connectivity index (χ0n) is 13.9. The highest BCUT2D eigenvalue weighted by molar-refractivity contribution is 8.38. The van der Waals surface area contributed by atoms with Crippen molar-refractivity contribution in [3.8, 4) is 0 Å². The molecule has 0 aromatic heterocycles. The van der Waals surface area contributed by atoms with Crippen molar-refractivity contribution in [2.75, 3.05) is 18.8 Å². The molecule has 0 bridgehead atoms. The summed E-state index contributed by atoms with van der Waals surface area (Å²) in [5.74, 6) is 1.93. The van der Waals surface area contributed by atoms with Crippen molar-refractivity contribution in [3.05, 3.63) is 47.0 Å². The number of carbonyl (C=O) groups is 1. The minimum absolute atomic E-state index is 0.0450. The number of thioether (sulfide) groups is 2. The minimum Gasteiger partial charge on any atom is -0.352 e. The lowest BCUT2D eigenvalue weighted by Gasteiger charge is -2.14. The van der Waals surface area contributed by atoms with E-state index in [0.717, 1.165) is 46.5 Å². The molecule has 1 aliphatic carbocycles. The summed E-state index contributed by atoms with van der Waals surface area (Å²) >= 11 is 3.55. The average Bonchev–Trinajstić information content (AvgIpc) is 3.14. The molecular formula is C19H24N2OS2. The van der Waals surface area contributed by atoms with Gasteiger partial charge in [0.1, 0.15) is 4.38 Å². The average molecular weight is 361 g/mol. The van der Waals surface area contributed by atoms with Gasteiger partial charge in [-0.05, 0) is 43.7 Å². The van der Waals surface area contributed by atoms with Crippen LogP contribution in [0.4, 0.5) is 0 Å². The van der Waals surface area contributed by atoms with Crippen molar-refractivity contribution in [2.24, 2.45) is 4.99 Å². The number of hydrogen-bond donors (Lipinski definition) is 1. The third-order valence-electron chi connectivity index (χ3n) is 4.29. The molecule has 1 aromatic rings. The molecule has 2 aliphatic rings. The van der Waals surface area contributed by atoms with Gasteiger partial charge in [0, 0.05) is 23.6 Å². The van der Waals surface area contributed by atoms with Crippen LogP contribution in [-0.4, -0.2) is 29.1 Å². The maximum atomic E-state index is 12.5. The second-order valence-electron chi connectivity index (χ2n) is 6.06. The Bertz CT molecular complexity index is 640. The maximum absolute atomic E-state index is 12.5. The molecule has 1 aliphatic heterocycles. The van der Waals surface area contributed by atoms with Crippen LogP contribution >= 0.6 is 23.5 Å². The van der Waals surface area contributed by atoms with Crippen LogP contribution in [0.5, 0.6) is 0 Å². The number of benzene rings is 1. The predicted octanol–water partition coefficient (Wildman–Crippen LogP) is 4.64. The van der Waals surface area contributed by atoms with Gasteiger partial charge in [0.2, 0.25) is 0 Å². The Morgan fingerprint density at radius 2 is 2.21 bits per heavy atom. The van der Waals surface area contributed by atoms with Crippen LogP contribution in [-0.2, 0) is 5.75 Å². The van der Waals surface area contributed by atoms with E-state index in [2.05, 4.69) is 16.4 Å². The fourth-order valence-corrected chi connectivity index (χ4v) is 4.99. The van der Waals surface area contributed by atoms with Gasteiger partial charge in [-0.3, -0.25) is 9.79 Å². The summed E-state index contributed by atoms with van der Waals surface area (Å²) in [6, 6.07) is 7.91. The van der Waals surface area contributed by atoms with Gasteiger partial charge < -0.3 is 5.32 Å². The van der Waals surface area contributed by atoms with E-state index in [1.165, 1.54) is 31.3 Å². The molecule has 3 nitrogen and oxygen atoms in total. The van der Waals surface area contributed by atoms with Crippen LogP contribution in [0.3, 0.4) is 0 Å². The Morgan fingerprint density at radius 3 is 3.00 bits per heavy atom. The second kappa shape index (κ2) is 9.33. The molecule has 0 unspecified atom stereocenters. The van der Waals surface area contributed by atoms with E-state index in [-0.39, 0.29) is 5.91 Å². The first-order valence-electron chi connectivity index (χ1n) is 8.67. The van der Waals surface area contributed by atoms with E-state index in [1.807, 2.05) is 36.0 Å². The van der Waals surface area contributed by atoms with Crippen LogP contribution in [0, 0.1) is 0 Å². The van der Waals surface area contributed by atoms with Gasteiger partial charge in [0.25, 0.3) is 5.91 Å². The van der Waals surface area contributed by atoms with Gasteiger partial charge >= 0.3 is 0 Å². The fraction of sp³-hybridized carbons (Fsp3) is 0.474. The molecule has 1 N–H and O–H groups in total. The molecule has 0 saturated carbocycles. The topological polar surface area (TPSA) is 41.5 Å². The van der Waals surface area contributed by atoms with Crippen LogP contribution in [0.25, 0.3) is 0 Å². The molecule has 1 aromatic carbocycles. The first-order valence-corrected chi connectivity index (χ1v) is 10.6. The molecule has 3 rings (SSSR count). The molecule has 1 heterocycles. The number of allylic oxidation sites excluding steroid dienone is 1. The summed E-state index contributed by atoms with van der Waals surface area (Å²) in [6.07, 6.45) is 8.33. The van der Waals surface area contributed by atoms with Crippen molar-refractivity contribution in [1.29, 1.82) is 0 Å². The van der Waals surface area contributed by atoms with Crippen molar-refractivity contribution in [2.45, 2.75) is 37.9 Å². The molecular weight excluding hydrogens is 336 g/mol. The summed E-state index contributed by atoms with van der Waals surface area (Å²) in [5, 5.41) is 3.09. The largest absolute Gasteiger partial charge is 0.352 e. The van der Waals surface area contributed by atoms with Crippen LogP contribution in [0.1, 0.15) is 48.0 Å². The van der Waals surface area contributed by atoms with Crippen molar-refractivity contribution < 1.29 is 4.79 Å². The molecule has 0 spiro atoms. The zero-order chi connectivity index (χ0) is 16.6. The smallest absolute Gasteiger partial charge is 0.251 e. The lowest BCUT2D eigenvalue weighted by atomic mass is 9.97. The van der Waals surface area contributed by atoms with E-state index in [1.54, 1.807) is 11.8 Å². The molecule has 1 amide bonds. The second-order valence-corrected chi connectivity index (χ2v) is 8.36. The number of nitrogens with zero attached hydrogens (tertiary/aromatic N) is 1. The van der Waals surface area contributed by atoms with Gasteiger partial charge in [-0.1, -0.05) is 53.4 Å². The Hall–Kier alpha value is -1.20. The monoisotopic (exact) mass is 360 g/mol. The standard InChI is InChI=1S/C19H24N2OS2/c22-18(20-11-10-15-6-2-1-3-7-15)17-9-5-4-8-16(17)14-24-19-21-12-13-23-19/h4-6,8-9H,1-3,7,10-14H2,(H,20,22).